The number of nitrogens with zero attached hydrogens (tertiary/aromatic N) is 2. The molecule has 0 radical (unpaired) electrons. The fourth-order valence-corrected chi connectivity index (χ4v) is 5.40. The molecule has 0 atom stereocenters. The number of thioether (sulfide) groups is 4. The van der Waals surface area contributed by atoms with Crippen molar-refractivity contribution in [3.05, 3.63) is 0 Å². The van der Waals surface area contributed by atoms with Gasteiger partial charge >= 0.3 is 0 Å². The van der Waals surface area contributed by atoms with E-state index < -0.39 is 0 Å². The standard InChI is InChI=1S/C7H14N2S4/c1(8-2-10-6-11-3-8)9-4-12-7-13-5-9/h1-7H2. The molecular weight excluding hydrogens is 240 g/mol. The van der Waals surface area contributed by atoms with E-state index in [9.17, 15) is 0 Å². The van der Waals surface area contributed by atoms with Gasteiger partial charge in [0.05, 0.1) is 6.67 Å². The molecule has 6 heteroatoms. The Hall–Kier alpha value is 1.32. The van der Waals surface area contributed by atoms with Gasteiger partial charge in [-0.3, -0.25) is 9.80 Å². The summed E-state index contributed by atoms with van der Waals surface area (Å²) in [5.74, 6) is 4.88. The van der Waals surface area contributed by atoms with Gasteiger partial charge in [0.1, 0.15) is 0 Å². The molecule has 0 spiro atoms. The minimum Gasteiger partial charge on any atom is -0.272 e. The van der Waals surface area contributed by atoms with Gasteiger partial charge < -0.3 is 0 Å². The van der Waals surface area contributed by atoms with E-state index in [1.54, 1.807) is 0 Å². The zero-order valence-electron chi connectivity index (χ0n) is 7.48. The van der Waals surface area contributed by atoms with Crippen molar-refractivity contribution >= 4 is 47.0 Å². The van der Waals surface area contributed by atoms with Gasteiger partial charge in [0.25, 0.3) is 0 Å². The Kier molecular flexibility index (Phi) is 5.02. The van der Waals surface area contributed by atoms with Gasteiger partial charge in [0.2, 0.25) is 0 Å². The summed E-state index contributed by atoms with van der Waals surface area (Å²) in [6, 6.07) is 0. The van der Waals surface area contributed by atoms with Crippen molar-refractivity contribution in [2.75, 3.05) is 40.3 Å². The predicted molar refractivity (Wildman–Crippen MR) is 68.1 cm³/mol. The first-order valence-corrected chi connectivity index (χ1v) is 8.83. The largest absolute Gasteiger partial charge is 0.272 e. The van der Waals surface area contributed by atoms with Crippen molar-refractivity contribution in [1.29, 1.82) is 0 Å². The van der Waals surface area contributed by atoms with E-state index in [4.69, 9.17) is 0 Å². The maximum Gasteiger partial charge on any atom is 0.0537 e. The normalized spacial score (nSPS) is 27.7. The topological polar surface area (TPSA) is 6.48 Å². The monoisotopic (exact) mass is 254 g/mol. The maximum atomic E-state index is 2.53. The van der Waals surface area contributed by atoms with Crippen LogP contribution in [0.3, 0.4) is 0 Å². The Labute approximate surface area is 96.9 Å². The van der Waals surface area contributed by atoms with Crippen LogP contribution >= 0.6 is 47.0 Å². The van der Waals surface area contributed by atoms with E-state index in [1.165, 1.54) is 40.3 Å². The molecule has 76 valence electrons. The zero-order chi connectivity index (χ0) is 8.93. The van der Waals surface area contributed by atoms with Crippen LogP contribution in [0.15, 0.2) is 0 Å². The van der Waals surface area contributed by atoms with Crippen LogP contribution in [-0.2, 0) is 0 Å². The fraction of sp³-hybridized carbons (Fsp3) is 1.00. The smallest absolute Gasteiger partial charge is 0.0537 e. The lowest BCUT2D eigenvalue weighted by molar-refractivity contribution is 0.215. The summed E-state index contributed by atoms with van der Waals surface area (Å²) < 4.78 is 0. The van der Waals surface area contributed by atoms with Crippen LogP contribution in [0.4, 0.5) is 0 Å². The van der Waals surface area contributed by atoms with Crippen molar-refractivity contribution in [2.24, 2.45) is 0 Å². The van der Waals surface area contributed by atoms with Gasteiger partial charge in [-0.2, -0.15) is 0 Å². The molecule has 0 unspecified atom stereocenters. The molecule has 0 saturated carbocycles. The molecular formula is C7H14N2S4. The van der Waals surface area contributed by atoms with Crippen molar-refractivity contribution < 1.29 is 0 Å². The number of hydrogen-bond donors (Lipinski definition) is 0. The summed E-state index contributed by atoms with van der Waals surface area (Å²) >= 11 is 8.16. The molecule has 2 fully saturated rings. The highest BCUT2D eigenvalue weighted by molar-refractivity contribution is 8.16. The lowest BCUT2D eigenvalue weighted by atomic mass is 10.8. The molecule has 13 heavy (non-hydrogen) atoms. The van der Waals surface area contributed by atoms with Gasteiger partial charge in [-0.15, -0.1) is 47.0 Å². The molecule has 2 aliphatic heterocycles. The Morgan fingerprint density at radius 2 is 1.08 bits per heavy atom. The van der Waals surface area contributed by atoms with Gasteiger partial charge in [-0.05, 0) is 0 Å². The zero-order valence-corrected chi connectivity index (χ0v) is 10.7. The Balaban J connectivity index is 1.69. The van der Waals surface area contributed by atoms with Crippen LogP contribution in [0.5, 0.6) is 0 Å². The van der Waals surface area contributed by atoms with Gasteiger partial charge in [-0.25, -0.2) is 0 Å². The SMILES string of the molecule is C1SCN(CN2CSCSC2)CS1. The van der Waals surface area contributed by atoms with Crippen LogP contribution < -0.4 is 0 Å². The third-order valence-electron chi connectivity index (χ3n) is 1.83. The third kappa shape index (κ3) is 3.76. The molecule has 0 N–H and O–H groups in total. The molecule has 2 rings (SSSR count). The van der Waals surface area contributed by atoms with Crippen LogP contribution in [0.2, 0.25) is 0 Å². The van der Waals surface area contributed by atoms with E-state index in [1.807, 2.05) is 47.0 Å². The van der Waals surface area contributed by atoms with E-state index >= 15 is 0 Å². The summed E-state index contributed by atoms with van der Waals surface area (Å²) in [5.41, 5.74) is 0. The van der Waals surface area contributed by atoms with Crippen molar-refractivity contribution in [3.8, 4) is 0 Å². The number of rotatable bonds is 2. The minimum atomic E-state index is 1.17. The summed E-state index contributed by atoms with van der Waals surface area (Å²) in [6.45, 7) is 1.17. The lowest BCUT2D eigenvalue weighted by Gasteiger charge is -2.33. The molecule has 0 amide bonds. The quantitative estimate of drug-likeness (QED) is 0.740. The van der Waals surface area contributed by atoms with E-state index in [0.717, 1.165) is 0 Å². The summed E-state index contributed by atoms with van der Waals surface area (Å²) in [7, 11) is 0. The second-order valence-electron chi connectivity index (χ2n) is 3.05. The Bertz CT molecular complexity index is 129. The van der Waals surface area contributed by atoms with Crippen molar-refractivity contribution in [3.63, 3.8) is 0 Å². The highest BCUT2D eigenvalue weighted by Gasteiger charge is 2.16. The fourth-order valence-electron chi connectivity index (χ4n) is 1.30. The molecule has 0 bridgehead atoms. The van der Waals surface area contributed by atoms with E-state index in [-0.39, 0.29) is 0 Å². The van der Waals surface area contributed by atoms with Crippen LogP contribution in [0.1, 0.15) is 0 Å². The van der Waals surface area contributed by atoms with Gasteiger partial charge in [-0.1, -0.05) is 0 Å². The predicted octanol–water partition coefficient (Wildman–Crippen LogP) is 2.25. The first-order chi connectivity index (χ1) is 6.45. The highest BCUT2D eigenvalue weighted by atomic mass is 32.2. The Morgan fingerprint density at radius 1 is 0.692 bits per heavy atom. The minimum absolute atomic E-state index is 1.17. The molecule has 2 nitrogen and oxygen atoms in total. The first-order valence-electron chi connectivity index (χ1n) is 4.21. The summed E-state index contributed by atoms with van der Waals surface area (Å²) in [6.07, 6.45) is 0. The molecule has 0 aromatic carbocycles. The Morgan fingerprint density at radius 3 is 1.46 bits per heavy atom. The molecule has 0 aliphatic carbocycles. The average Bonchev–Trinajstić information content (AvgIpc) is 2.21. The summed E-state index contributed by atoms with van der Waals surface area (Å²) in [4.78, 5) is 5.07. The second kappa shape index (κ2) is 6.02. The van der Waals surface area contributed by atoms with E-state index in [0.29, 0.717) is 0 Å². The van der Waals surface area contributed by atoms with Crippen LogP contribution in [0.25, 0.3) is 0 Å². The molecule has 2 heterocycles. The average molecular weight is 254 g/mol. The van der Waals surface area contributed by atoms with E-state index in [2.05, 4.69) is 9.80 Å². The second-order valence-corrected chi connectivity index (χ2v) is 7.60. The molecule has 0 aromatic heterocycles. The van der Waals surface area contributed by atoms with Crippen molar-refractivity contribution in [1.82, 2.24) is 9.80 Å². The highest BCUT2D eigenvalue weighted by Crippen LogP contribution is 2.25. The lowest BCUT2D eigenvalue weighted by Crippen LogP contribution is -2.39. The molecule has 2 saturated heterocycles. The van der Waals surface area contributed by atoms with Gasteiger partial charge in [0, 0.05) is 33.7 Å². The van der Waals surface area contributed by atoms with Crippen molar-refractivity contribution in [2.45, 2.75) is 0 Å². The maximum absolute atomic E-state index is 2.53. The summed E-state index contributed by atoms with van der Waals surface area (Å²) in [5, 5.41) is 2.56. The van der Waals surface area contributed by atoms with Crippen LogP contribution in [-0.4, -0.2) is 50.1 Å². The van der Waals surface area contributed by atoms with Gasteiger partial charge in [0.15, 0.2) is 0 Å². The number of hydrogen-bond acceptors (Lipinski definition) is 6. The third-order valence-corrected chi connectivity index (χ3v) is 6.69. The van der Waals surface area contributed by atoms with Crippen LogP contribution in [0, 0.1) is 0 Å². The molecule has 0 aromatic rings. The molecule has 2 aliphatic rings. The first kappa shape index (κ1) is 10.8.